The molecule has 2 amide bonds. The molecule has 2 aliphatic heterocycles. The van der Waals surface area contributed by atoms with Crippen molar-refractivity contribution < 1.29 is 14.3 Å². The molecule has 2 fully saturated rings. The van der Waals surface area contributed by atoms with Gasteiger partial charge in [0, 0.05) is 54.5 Å². The monoisotopic (exact) mass is 441 g/mol. The fourth-order valence-electron chi connectivity index (χ4n) is 5.23. The number of benzene rings is 3. The van der Waals surface area contributed by atoms with Gasteiger partial charge >= 0.3 is 0 Å². The summed E-state index contributed by atoms with van der Waals surface area (Å²) in [5.41, 5.74) is 2.75. The molecule has 1 N–H and O–H groups in total. The van der Waals surface area contributed by atoms with Gasteiger partial charge < -0.3 is 14.5 Å². The molecule has 2 saturated heterocycles. The number of carbonyl (C=O) groups excluding carboxylic acids is 2. The molecule has 1 aromatic heterocycles. The van der Waals surface area contributed by atoms with Crippen LogP contribution in [0.5, 0.6) is 5.75 Å². The maximum atomic E-state index is 13.3. The Hall–Kier alpha value is -3.94. The molecule has 8 heteroatoms. The van der Waals surface area contributed by atoms with Gasteiger partial charge in [-0.2, -0.15) is 0 Å². The van der Waals surface area contributed by atoms with Crippen LogP contribution < -0.4 is 4.74 Å². The van der Waals surface area contributed by atoms with Crippen LogP contribution in [0.3, 0.4) is 0 Å². The minimum absolute atomic E-state index is 0.00596. The standard InChI is InChI=1S/C25H23N5O3/c1-33-23-10-17(8-15-4-2-3-5-20(15)23)25(32)30-13-18-11-29(12-19(18)14-30)24(31)16-6-7-21-22(9-16)27-28-26-21/h2-10,18-19H,11-14H2,1H3,(H,26,27,28)/t18-,19-/m0/s1. The van der Waals surface area contributed by atoms with Crippen molar-refractivity contribution in [3.8, 4) is 5.75 Å². The Labute approximate surface area is 190 Å². The van der Waals surface area contributed by atoms with Gasteiger partial charge in [0.15, 0.2) is 0 Å². The summed E-state index contributed by atoms with van der Waals surface area (Å²) in [6, 6.07) is 17.1. The lowest BCUT2D eigenvalue weighted by Crippen LogP contribution is -2.35. The van der Waals surface area contributed by atoms with E-state index in [4.69, 9.17) is 4.74 Å². The van der Waals surface area contributed by atoms with Gasteiger partial charge in [0.05, 0.1) is 12.6 Å². The maximum absolute atomic E-state index is 13.3. The molecule has 8 nitrogen and oxygen atoms in total. The number of ether oxygens (including phenoxy) is 1. The van der Waals surface area contributed by atoms with E-state index in [2.05, 4.69) is 15.4 Å². The van der Waals surface area contributed by atoms with Crippen LogP contribution in [0.2, 0.25) is 0 Å². The van der Waals surface area contributed by atoms with Gasteiger partial charge in [0.25, 0.3) is 11.8 Å². The second-order valence-electron chi connectivity index (χ2n) is 8.88. The number of carbonyl (C=O) groups is 2. The summed E-state index contributed by atoms with van der Waals surface area (Å²) in [6.07, 6.45) is 0. The molecular formula is C25H23N5O3. The highest BCUT2D eigenvalue weighted by atomic mass is 16.5. The third-order valence-corrected chi connectivity index (χ3v) is 6.92. The molecule has 166 valence electrons. The number of aromatic nitrogens is 3. The van der Waals surface area contributed by atoms with Crippen molar-refractivity contribution in [2.24, 2.45) is 11.8 Å². The van der Waals surface area contributed by atoms with Gasteiger partial charge in [0.2, 0.25) is 0 Å². The first-order valence-electron chi connectivity index (χ1n) is 11.1. The smallest absolute Gasteiger partial charge is 0.254 e. The number of nitrogens with one attached hydrogen (secondary N) is 1. The summed E-state index contributed by atoms with van der Waals surface area (Å²) in [5.74, 6) is 1.30. The van der Waals surface area contributed by atoms with Crippen LogP contribution >= 0.6 is 0 Å². The lowest BCUT2D eigenvalue weighted by atomic mass is 10.0. The van der Waals surface area contributed by atoms with Gasteiger partial charge in [-0.3, -0.25) is 14.7 Å². The SMILES string of the molecule is COc1cc(C(=O)N2C[C@@H]3CN(C(=O)c4ccc5[nH]nnc5c4)C[C@H]3C2)cc2ccccc12. The predicted octanol–water partition coefficient (Wildman–Crippen LogP) is 2.96. The van der Waals surface area contributed by atoms with Gasteiger partial charge in [-0.05, 0) is 35.7 Å². The normalized spacial score (nSPS) is 19.9. The third-order valence-electron chi connectivity index (χ3n) is 6.92. The number of hydrogen-bond donors (Lipinski definition) is 1. The van der Waals surface area contributed by atoms with E-state index in [-0.39, 0.29) is 23.7 Å². The Balaban J connectivity index is 1.17. The molecule has 0 saturated carbocycles. The van der Waals surface area contributed by atoms with Crippen LogP contribution in [0.25, 0.3) is 21.8 Å². The van der Waals surface area contributed by atoms with Crippen LogP contribution in [-0.4, -0.2) is 70.3 Å². The fourth-order valence-corrected chi connectivity index (χ4v) is 5.23. The summed E-state index contributed by atoms with van der Waals surface area (Å²) < 4.78 is 5.53. The zero-order valence-electron chi connectivity index (χ0n) is 18.2. The summed E-state index contributed by atoms with van der Waals surface area (Å²) in [7, 11) is 1.63. The minimum atomic E-state index is 0.00596. The number of nitrogens with zero attached hydrogens (tertiary/aromatic N) is 4. The van der Waals surface area contributed by atoms with E-state index >= 15 is 0 Å². The Morgan fingerprint density at radius 2 is 1.61 bits per heavy atom. The molecule has 4 aromatic rings. The largest absolute Gasteiger partial charge is 0.496 e. The molecule has 0 bridgehead atoms. The van der Waals surface area contributed by atoms with Crippen LogP contribution in [0.4, 0.5) is 0 Å². The van der Waals surface area contributed by atoms with Crippen molar-refractivity contribution in [2.45, 2.75) is 0 Å². The van der Waals surface area contributed by atoms with Crippen molar-refractivity contribution >= 4 is 33.6 Å². The lowest BCUT2D eigenvalue weighted by Gasteiger charge is -2.22. The van der Waals surface area contributed by atoms with Crippen LogP contribution in [0.1, 0.15) is 20.7 Å². The average Bonchev–Trinajstić information content (AvgIpc) is 3.56. The molecule has 0 radical (unpaired) electrons. The third kappa shape index (κ3) is 3.29. The number of likely N-dealkylation sites (tertiary alicyclic amines) is 2. The van der Waals surface area contributed by atoms with Crippen molar-refractivity contribution in [2.75, 3.05) is 33.3 Å². The molecule has 2 atom stereocenters. The number of fused-ring (bicyclic) bond motifs is 3. The van der Waals surface area contributed by atoms with E-state index in [1.54, 1.807) is 13.2 Å². The maximum Gasteiger partial charge on any atom is 0.254 e. The summed E-state index contributed by atoms with van der Waals surface area (Å²) >= 11 is 0. The highest BCUT2D eigenvalue weighted by molar-refractivity contribution is 6.01. The van der Waals surface area contributed by atoms with Crippen molar-refractivity contribution in [3.63, 3.8) is 0 Å². The highest BCUT2D eigenvalue weighted by Crippen LogP contribution is 2.34. The summed E-state index contributed by atoms with van der Waals surface area (Å²) in [6.45, 7) is 2.63. The Morgan fingerprint density at radius 1 is 0.909 bits per heavy atom. The zero-order valence-corrected chi connectivity index (χ0v) is 18.2. The average molecular weight is 441 g/mol. The van der Waals surface area contributed by atoms with E-state index in [1.807, 2.05) is 58.3 Å². The lowest BCUT2D eigenvalue weighted by molar-refractivity contribution is 0.0738. The molecule has 3 aromatic carbocycles. The van der Waals surface area contributed by atoms with Crippen LogP contribution in [0, 0.1) is 11.8 Å². The molecule has 33 heavy (non-hydrogen) atoms. The zero-order chi connectivity index (χ0) is 22.5. The molecule has 0 aliphatic carbocycles. The second kappa shape index (κ2) is 7.58. The van der Waals surface area contributed by atoms with E-state index < -0.39 is 0 Å². The number of hydrogen-bond acceptors (Lipinski definition) is 5. The summed E-state index contributed by atoms with van der Waals surface area (Å²) in [4.78, 5) is 30.2. The quantitative estimate of drug-likeness (QED) is 0.528. The topological polar surface area (TPSA) is 91.4 Å². The predicted molar refractivity (Wildman–Crippen MR) is 123 cm³/mol. The molecule has 2 aliphatic rings. The first-order valence-corrected chi connectivity index (χ1v) is 11.1. The van der Waals surface area contributed by atoms with E-state index in [0.29, 0.717) is 48.6 Å². The van der Waals surface area contributed by atoms with Crippen LogP contribution in [-0.2, 0) is 0 Å². The minimum Gasteiger partial charge on any atom is -0.496 e. The fraction of sp³-hybridized carbons (Fsp3) is 0.280. The first-order chi connectivity index (χ1) is 16.1. The Morgan fingerprint density at radius 3 is 2.33 bits per heavy atom. The van der Waals surface area contributed by atoms with E-state index in [9.17, 15) is 9.59 Å². The molecule has 0 spiro atoms. The molecule has 6 rings (SSSR count). The van der Waals surface area contributed by atoms with Gasteiger partial charge in [-0.1, -0.05) is 29.5 Å². The van der Waals surface area contributed by atoms with E-state index in [1.165, 1.54) is 0 Å². The number of amides is 2. The highest BCUT2D eigenvalue weighted by Gasteiger charge is 2.43. The van der Waals surface area contributed by atoms with E-state index in [0.717, 1.165) is 16.3 Å². The van der Waals surface area contributed by atoms with Gasteiger partial charge in [0.1, 0.15) is 11.3 Å². The molecular weight excluding hydrogens is 418 g/mol. The second-order valence-corrected chi connectivity index (χ2v) is 8.88. The number of H-pyrrole nitrogens is 1. The van der Waals surface area contributed by atoms with Crippen LogP contribution in [0.15, 0.2) is 54.6 Å². The van der Waals surface area contributed by atoms with Crippen molar-refractivity contribution in [3.05, 3.63) is 65.7 Å². The summed E-state index contributed by atoms with van der Waals surface area (Å²) in [5, 5.41) is 12.6. The molecule has 3 heterocycles. The molecule has 0 unspecified atom stereocenters. The number of methoxy groups -OCH3 is 1. The van der Waals surface area contributed by atoms with Crippen molar-refractivity contribution in [1.29, 1.82) is 0 Å². The number of aromatic amines is 1. The Kier molecular flexibility index (Phi) is 4.53. The number of rotatable bonds is 3. The Bertz CT molecular complexity index is 1380. The van der Waals surface area contributed by atoms with Crippen molar-refractivity contribution in [1.82, 2.24) is 25.2 Å². The van der Waals surface area contributed by atoms with Gasteiger partial charge in [-0.25, -0.2) is 0 Å². The first kappa shape index (κ1) is 19.7. The van der Waals surface area contributed by atoms with Gasteiger partial charge in [-0.15, -0.1) is 5.10 Å².